The third-order valence-corrected chi connectivity index (χ3v) is 4.91. The van der Waals surface area contributed by atoms with Gasteiger partial charge in [0.05, 0.1) is 16.5 Å². The summed E-state index contributed by atoms with van der Waals surface area (Å²) in [6.07, 6.45) is 0.537. The van der Waals surface area contributed by atoms with Gasteiger partial charge in [-0.15, -0.1) is 0 Å². The fraction of sp³-hybridized carbons (Fsp3) is 0.900. The van der Waals surface area contributed by atoms with Crippen molar-refractivity contribution in [3.05, 3.63) is 0 Å². The number of hydrogen-bond donors (Lipinski definition) is 1. The third kappa shape index (κ3) is 4.30. The van der Waals surface area contributed by atoms with Gasteiger partial charge in [-0.2, -0.15) is 0 Å². The molecule has 5 heteroatoms. The standard InChI is InChI=1S/C10H21NO3S/c1-5-10(4,11)9(12)6-7-15(13,14)8(2)3/h8H,5-7,11H2,1-4H3. The molecule has 0 rings (SSSR count). The Morgan fingerprint density at radius 3 is 2.20 bits per heavy atom. The van der Waals surface area contributed by atoms with Gasteiger partial charge in [-0.3, -0.25) is 4.79 Å². The predicted molar refractivity (Wildman–Crippen MR) is 61.4 cm³/mol. The normalized spacial score (nSPS) is 16.4. The molecule has 4 nitrogen and oxygen atoms in total. The average molecular weight is 235 g/mol. The largest absolute Gasteiger partial charge is 0.319 e. The van der Waals surface area contributed by atoms with Crippen LogP contribution in [0.3, 0.4) is 0 Å². The summed E-state index contributed by atoms with van der Waals surface area (Å²) in [7, 11) is -3.14. The van der Waals surface area contributed by atoms with Crippen molar-refractivity contribution in [1.82, 2.24) is 0 Å². The number of hydrogen-bond acceptors (Lipinski definition) is 4. The van der Waals surface area contributed by atoms with Crippen molar-refractivity contribution in [2.75, 3.05) is 5.75 Å². The maximum Gasteiger partial charge on any atom is 0.153 e. The van der Waals surface area contributed by atoms with Crippen LogP contribution in [0.4, 0.5) is 0 Å². The van der Waals surface area contributed by atoms with Gasteiger partial charge in [0.2, 0.25) is 0 Å². The molecule has 0 saturated carbocycles. The van der Waals surface area contributed by atoms with Crippen LogP contribution in [0.15, 0.2) is 0 Å². The highest BCUT2D eigenvalue weighted by atomic mass is 32.2. The van der Waals surface area contributed by atoms with E-state index in [2.05, 4.69) is 0 Å². The van der Waals surface area contributed by atoms with Crippen molar-refractivity contribution >= 4 is 15.6 Å². The van der Waals surface area contributed by atoms with Crippen molar-refractivity contribution in [1.29, 1.82) is 0 Å². The second-order valence-corrected chi connectivity index (χ2v) is 7.04. The molecule has 0 fully saturated rings. The molecule has 15 heavy (non-hydrogen) atoms. The highest BCUT2D eigenvalue weighted by molar-refractivity contribution is 7.91. The average Bonchev–Trinajstić information content (AvgIpc) is 2.13. The fourth-order valence-corrected chi connectivity index (χ4v) is 1.89. The molecule has 0 amide bonds. The molecular weight excluding hydrogens is 214 g/mol. The van der Waals surface area contributed by atoms with Crippen LogP contribution in [-0.2, 0) is 14.6 Å². The maximum atomic E-state index is 11.6. The fourth-order valence-electron chi connectivity index (χ4n) is 0.953. The Hall–Kier alpha value is -0.420. The molecule has 0 aromatic rings. The highest BCUT2D eigenvalue weighted by Crippen LogP contribution is 2.11. The van der Waals surface area contributed by atoms with Crippen LogP contribution in [0.2, 0.25) is 0 Å². The predicted octanol–water partition coefficient (Wildman–Crippen LogP) is 0.896. The van der Waals surface area contributed by atoms with E-state index < -0.39 is 20.6 Å². The van der Waals surface area contributed by atoms with Gasteiger partial charge in [-0.25, -0.2) is 8.42 Å². The lowest BCUT2D eigenvalue weighted by atomic mass is 9.93. The minimum atomic E-state index is -3.14. The summed E-state index contributed by atoms with van der Waals surface area (Å²) in [6.45, 7) is 6.68. The van der Waals surface area contributed by atoms with Crippen LogP contribution < -0.4 is 5.73 Å². The summed E-state index contributed by atoms with van der Waals surface area (Å²) in [6, 6.07) is 0. The lowest BCUT2D eigenvalue weighted by Gasteiger charge is -2.20. The molecule has 0 radical (unpaired) electrons. The summed E-state index contributed by atoms with van der Waals surface area (Å²) in [5.74, 6) is -0.287. The van der Waals surface area contributed by atoms with Gasteiger partial charge >= 0.3 is 0 Å². The molecule has 1 unspecified atom stereocenters. The van der Waals surface area contributed by atoms with E-state index in [-0.39, 0.29) is 18.0 Å². The molecule has 0 aliphatic heterocycles. The number of Topliss-reactive ketones (excluding diaryl/α,β-unsaturated/α-hetero) is 1. The van der Waals surface area contributed by atoms with Gasteiger partial charge in [-0.05, 0) is 27.2 Å². The van der Waals surface area contributed by atoms with Crippen molar-refractivity contribution < 1.29 is 13.2 Å². The van der Waals surface area contributed by atoms with E-state index in [1.807, 2.05) is 6.92 Å². The third-order valence-electron chi connectivity index (χ3n) is 2.70. The van der Waals surface area contributed by atoms with Crippen LogP contribution in [-0.4, -0.2) is 30.7 Å². The Morgan fingerprint density at radius 1 is 1.40 bits per heavy atom. The van der Waals surface area contributed by atoms with Gasteiger partial charge < -0.3 is 5.73 Å². The van der Waals surface area contributed by atoms with E-state index in [1.54, 1.807) is 20.8 Å². The monoisotopic (exact) mass is 235 g/mol. The minimum Gasteiger partial charge on any atom is -0.319 e. The Labute approximate surface area is 92.2 Å². The van der Waals surface area contributed by atoms with E-state index in [0.29, 0.717) is 6.42 Å². The lowest BCUT2D eigenvalue weighted by Crippen LogP contribution is -2.45. The first-order valence-corrected chi connectivity index (χ1v) is 6.88. The van der Waals surface area contributed by atoms with Gasteiger partial charge in [0, 0.05) is 6.42 Å². The summed E-state index contributed by atoms with van der Waals surface area (Å²) >= 11 is 0. The van der Waals surface area contributed by atoms with Gasteiger partial charge in [0.25, 0.3) is 0 Å². The molecule has 0 spiro atoms. The zero-order valence-electron chi connectivity index (χ0n) is 9.91. The van der Waals surface area contributed by atoms with Crippen molar-refractivity contribution in [3.8, 4) is 0 Å². The molecule has 1 atom stereocenters. The minimum absolute atomic E-state index is 0.0152. The van der Waals surface area contributed by atoms with Gasteiger partial charge in [0.1, 0.15) is 0 Å². The first-order chi connectivity index (χ1) is 6.63. The molecular formula is C10H21NO3S. The first kappa shape index (κ1) is 14.6. The summed E-state index contributed by atoms with van der Waals surface area (Å²) in [4.78, 5) is 11.6. The Balaban J connectivity index is 4.37. The molecule has 0 aromatic heterocycles. The number of carbonyl (C=O) groups excluding carboxylic acids is 1. The Kier molecular flexibility index (Phi) is 4.93. The Morgan fingerprint density at radius 2 is 1.87 bits per heavy atom. The van der Waals surface area contributed by atoms with E-state index in [4.69, 9.17) is 5.73 Å². The highest BCUT2D eigenvalue weighted by Gasteiger charge is 2.27. The number of carbonyl (C=O) groups is 1. The van der Waals surface area contributed by atoms with Crippen LogP contribution in [0.25, 0.3) is 0 Å². The Bertz CT molecular complexity index is 318. The van der Waals surface area contributed by atoms with E-state index >= 15 is 0 Å². The van der Waals surface area contributed by atoms with Crippen molar-refractivity contribution in [3.63, 3.8) is 0 Å². The first-order valence-electron chi connectivity index (χ1n) is 5.17. The molecule has 0 heterocycles. The van der Waals surface area contributed by atoms with E-state index in [9.17, 15) is 13.2 Å². The number of nitrogens with two attached hydrogens (primary N) is 1. The summed E-state index contributed by atoms with van der Waals surface area (Å²) in [5, 5.41) is -0.434. The smallest absolute Gasteiger partial charge is 0.153 e. The van der Waals surface area contributed by atoms with E-state index in [1.165, 1.54) is 0 Å². The molecule has 0 aromatic carbocycles. The molecule has 0 bridgehead atoms. The number of ketones is 1. The lowest BCUT2D eigenvalue weighted by molar-refractivity contribution is -0.123. The SMILES string of the molecule is CCC(C)(N)C(=O)CCS(=O)(=O)C(C)C. The quantitative estimate of drug-likeness (QED) is 0.742. The second-order valence-electron chi connectivity index (χ2n) is 4.36. The maximum absolute atomic E-state index is 11.6. The van der Waals surface area contributed by atoms with Gasteiger partial charge in [-0.1, -0.05) is 6.92 Å². The van der Waals surface area contributed by atoms with Crippen molar-refractivity contribution in [2.45, 2.75) is 51.3 Å². The zero-order valence-corrected chi connectivity index (χ0v) is 10.7. The molecule has 90 valence electrons. The van der Waals surface area contributed by atoms with E-state index in [0.717, 1.165) is 0 Å². The van der Waals surface area contributed by atoms with Crippen LogP contribution in [0, 0.1) is 0 Å². The molecule has 0 saturated heterocycles. The van der Waals surface area contributed by atoms with Crippen LogP contribution in [0.1, 0.15) is 40.5 Å². The number of rotatable bonds is 6. The number of sulfone groups is 1. The molecule has 0 aliphatic carbocycles. The van der Waals surface area contributed by atoms with Gasteiger partial charge in [0.15, 0.2) is 15.6 Å². The second kappa shape index (κ2) is 5.07. The molecule has 2 N–H and O–H groups in total. The topological polar surface area (TPSA) is 77.2 Å². The van der Waals surface area contributed by atoms with Crippen LogP contribution >= 0.6 is 0 Å². The summed E-state index contributed by atoms with van der Waals surface area (Å²) < 4.78 is 22.9. The molecule has 0 aliphatic rings. The summed E-state index contributed by atoms with van der Waals surface area (Å²) in [5.41, 5.74) is 4.82. The zero-order chi connectivity index (χ0) is 12.3. The van der Waals surface area contributed by atoms with Crippen molar-refractivity contribution in [2.24, 2.45) is 5.73 Å². The van der Waals surface area contributed by atoms with Crippen LogP contribution in [0.5, 0.6) is 0 Å².